The predicted octanol–water partition coefficient (Wildman–Crippen LogP) is 2.10. The van der Waals surface area contributed by atoms with Crippen LogP contribution in [0.4, 0.5) is 17.1 Å². The largest absolute Gasteiger partial charge is 0.393 e. The maximum absolute atomic E-state index is 10.9. The summed E-state index contributed by atoms with van der Waals surface area (Å²) in [6, 6.07) is 5.04. The van der Waals surface area contributed by atoms with Crippen LogP contribution in [0.5, 0.6) is 0 Å². The molecule has 0 spiro atoms. The van der Waals surface area contributed by atoms with Crippen LogP contribution in [0.25, 0.3) is 0 Å². The number of nitrogen functional groups attached to an aromatic ring is 1. The summed E-state index contributed by atoms with van der Waals surface area (Å²) >= 11 is 0. The van der Waals surface area contributed by atoms with Crippen molar-refractivity contribution in [3.63, 3.8) is 0 Å². The second-order valence-corrected chi connectivity index (χ2v) is 6.15. The molecule has 6 nitrogen and oxygen atoms in total. The van der Waals surface area contributed by atoms with Crippen LogP contribution in [0.3, 0.4) is 0 Å². The first-order valence-electron chi connectivity index (χ1n) is 6.83. The van der Waals surface area contributed by atoms with Gasteiger partial charge in [0.15, 0.2) is 0 Å². The molecule has 1 aliphatic heterocycles. The fraction of sp³-hybridized carbons (Fsp3) is 0.571. The fourth-order valence-corrected chi connectivity index (χ4v) is 2.52. The Morgan fingerprint density at radius 3 is 2.30 bits per heavy atom. The highest BCUT2D eigenvalue weighted by atomic mass is 16.6. The smallest absolute Gasteiger partial charge is 0.294 e. The Kier molecular flexibility index (Phi) is 3.85. The third-order valence-electron chi connectivity index (χ3n) is 3.80. The molecule has 1 aromatic carbocycles. The quantitative estimate of drug-likeness (QED) is 0.509. The van der Waals surface area contributed by atoms with E-state index in [2.05, 4.69) is 30.6 Å². The number of anilines is 2. The molecule has 2 N–H and O–H groups in total. The van der Waals surface area contributed by atoms with Crippen molar-refractivity contribution in [3.05, 3.63) is 28.3 Å². The third kappa shape index (κ3) is 3.01. The summed E-state index contributed by atoms with van der Waals surface area (Å²) < 4.78 is 0. The molecular weight excluding hydrogens is 256 g/mol. The van der Waals surface area contributed by atoms with Crippen LogP contribution >= 0.6 is 0 Å². The van der Waals surface area contributed by atoms with Crippen LogP contribution in [0.1, 0.15) is 20.8 Å². The summed E-state index contributed by atoms with van der Waals surface area (Å²) in [5, 5.41) is 10.9. The molecule has 0 saturated carbocycles. The molecule has 0 bridgehead atoms. The van der Waals surface area contributed by atoms with Gasteiger partial charge in [0.25, 0.3) is 5.69 Å². The highest BCUT2D eigenvalue weighted by molar-refractivity contribution is 5.66. The van der Waals surface area contributed by atoms with E-state index >= 15 is 0 Å². The van der Waals surface area contributed by atoms with Gasteiger partial charge in [-0.05, 0) is 32.9 Å². The molecule has 1 aliphatic rings. The molecule has 0 aliphatic carbocycles. The average molecular weight is 278 g/mol. The maximum atomic E-state index is 10.9. The van der Waals surface area contributed by atoms with E-state index in [1.807, 2.05) is 6.07 Å². The van der Waals surface area contributed by atoms with E-state index in [-0.39, 0.29) is 16.9 Å². The highest BCUT2D eigenvalue weighted by Crippen LogP contribution is 2.28. The van der Waals surface area contributed by atoms with Gasteiger partial charge in [-0.25, -0.2) is 0 Å². The Bertz CT molecular complexity index is 502. The second kappa shape index (κ2) is 5.28. The van der Waals surface area contributed by atoms with E-state index in [1.54, 1.807) is 12.1 Å². The Balaban J connectivity index is 2.11. The minimum absolute atomic E-state index is 0.0132. The lowest BCUT2D eigenvalue weighted by Crippen LogP contribution is -2.53. The molecule has 0 radical (unpaired) electrons. The molecule has 0 amide bonds. The highest BCUT2D eigenvalue weighted by Gasteiger charge is 2.26. The van der Waals surface area contributed by atoms with Gasteiger partial charge in [-0.15, -0.1) is 0 Å². The van der Waals surface area contributed by atoms with E-state index in [1.165, 1.54) is 0 Å². The van der Waals surface area contributed by atoms with E-state index in [0.717, 1.165) is 31.9 Å². The molecule has 20 heavy (non-hydrogen) atoms. The minimum Gasteiger partial charge on any atom is -0.393 e. The molecule has 0 atom stereocenters. The molecule has 6 heteroatoms. The molecule has 1 fully saturated rings. The summed E-state index contributed by atoms with van der Waals surface area (Å²) in [7, 11) is 0. The van der Waals surface area contributed by atoms with Crippen LogP contribution < -0.4 is 10.6 Å². The van der Waals surface area contributed by atoms with Crippen LogP contribution in [-0.2, 0) is 0 Å². The number of nitrogens with zero attached hydrogens (tertiary/aromatic N) is 3. The number of nitro groups is 1. The summed E-state index contributed by atoms with van der Waals surface area (Å²) in [6.07, 6.45) is 0. The number of nitro benzene ring substituents is 1. The van der Waals surface area contributed by atoms with Crippen molar-refractivity contribution < 1.29 is 4.92 Å². The Morgan fingerprint density at radius 2 is 1.80 bits per heavy atom. The van der Waals surface area contributed by atoms with Crippen molar-refractivity contribution in [1.82, 2.24) is 4.90 Å². The van der Waals surface area contributed by atoms with Gasteiger partial charge in [0.05, 0.1) is 4.92 Å². The molecule has 0 aromatic heterocycles. The van der Waals surface area contributed by atoms with Crippen molar-refractivity contribution in [3.8, 4) is 0 Å². The molecule has 2 rings (SSSR count). The predicted molar refractivity (Wildman–Crippen MR) is 81.0 cm³/mol. The van der Waals surface area contributed by atoms with Crippen molar-refractivity contribution in [2.24, 2.45) is 0 Å². The summed E-state index contributed by atoms with van der Waals surface area (Å²) in [5.74, 6) is 0. The lowest BCUT2D eigenvalue weighted by molar-refractivity contribution is -0.383. The van der Waals surface area contributed by atoms with Crippen LogP contribution in [-0.4, -0.2) is 41.5 Å². The number of hydrogen-bond acceptors (Lipinski definition) is 5. The summed E-state index contributed by atoms with van der Waals surface area (Å²) in [5.41, 5.74) is 6.87. The zero-order valence-corrected chi connectivity index (χ0v) is 12.3. The number of piperazine rings is 1. The van der Waals surface area contributed by atoms with Gasteiger partial charge in [0, 0.05) is 43.5 Å². The van der Waals surface area contributed by atoms with E-state index < -0.39 is 4.92 Å². The number of benzene rings is 1. The number of rotatable bonds is 2. The van der Waals surface area contributed by atoms with Crippen molar-refractivity contribution >= 4 is 17.1 Å². The maximum Gasteiger partial charge on any atom is 0.294 e. The van der Waals surface area contributed by atoms with E-state index in [0.29, 0.717) is 0 Å². The van der Waals surface area contributed by atoms with Gasteiger partial charge in [-0.3, -0.25) is 15.0 Å². The lowest BCUT2D eigenvalue weighted by Gasteiger charge is -2.43. The van der Waals surface area contributed by atoms with Gasteiger partial charge in [-0.2, -0.15) is 0 Å². The molecule has 0 unspecified atom stereocenters. The zero-order chi connectivity index (χ0) is 14.9. The monoisotopic (exact) mass is 278 g/mol. The van der Waals surface area contributed by atoms with Crippen LogP contribution in [0.2, 0.25) is 0 Å². The van der Waals surface area contributed by atoms with Crippen LogP contribution in [0, 0.1) is 10.1 Å². The van der Waals surface area contributed by atoms with Crippen molar-refractivity contribution in [2.45, 2.75) is 26.3 Å². The van der Waals surface area contributed by atoms with Gasteiger partial charge in [0.1, 0.15) is 5.69 Å². The Labute approximate surface area is 119 Å². The second-order valence-electron chi connectivity index (χ2n) is 6.15. The molecular formula is C14H22N4O2. The first kappa shape index (κ1) is 14.6. The zero-order valence-electron chi connectivity index (χ0n) is 12.3. The normalized spacial score (nSPS) is 17.2. The molecule has 110 valence electrons. The fourth-order valence-electron chi connectivity index (χ4n) is 2.52. The van der Waals surface area contributed by atoms with E-state index in [4.69, 9.17) is 5.73 Å². The Morgan fingerprint density at radius 1 is 1.20 bits per heavy atom. The topological polar surface area (TPSA) is 75.6 Å². The standard InChI is InChI=1S/C14H22N4O2/c1-14(2,3)17-8-6-16(7-9-17)11-4-5-12(15)13(10-11)18(19)20/h4-5,10H,6-9,15H2,1-3H3. The first-order valence-corrected chi connectivity index (χ1v) is 6.83. The number of nitrogens with two attached hydrogens (primary N) is 1. The van der Waals surface area contributed by atoms with Gasteiger partial charge >= 0.3 is 0 Å². The first-order chi connectivity index (χ1) is 9.29. The van der Waals surface area contributed by atoms with Gasteiger partial charge in [-0.1, -0.05) is 0 Å². The van der Waals surface area contributed by atoms with Crippen molar-refractivity contribution in [1.29, 1.82) is 0 Å². The SMILES string of the molecule is CC(C)(C)N1CCN(c2ccc(N)c([N+](=O)[O-])c2)CC1. The summed E-state index contributed by atoms with van der Waals surface area (Å²) in [4.78, 5) is 15.1. The lowest BCUT2D eigenvalue weighted by atomic mass is 10.0. The Hall–Kier alpha value is -1.82. The average Bonchev–Trinajstić information content (AvgIpc) is 2.38. The third-order valence-corrected chi connectivity index (χ3v) is 3.80. The summed E-state index contributed by atoms with van der Waals surface area (Å²) in [6.45, 7) is 10.3. The van der Waals surface area contributed by atoms with Crippen LogP contribution in [0.15, 0.2) is 18.2 Å². The van der Waals surface area contributed by atoms with Gasteiger partial charge < -0.3 is 10.6 Å². The van der Waals surface area contributed by atoms with Gasteiger partial charge in [0.2, 0.25) is 0 Å². The minimum atomic E-state index is -0.426. The molecule has 1 heterocycles. The number of hydrogen-bond donors (Lipinski definition) is 1. The van der Waals surface area contributed by atoms with Crippen molar-refractivity contribution in [2.75, 3.05) is 36.8 Å². The molecule has 1 saturated heterocycles. The van der Waals surface area contributed by atoms with E-state index in [9.17, 15) is 10.1 Å². The molecule has 1 aromatic rings.